The number of anilines is 1. The number of amides is 2. The van der Waals surface area contributed by atoms with E-state index < -0.39 is 14.6 Å². The van der Waals surface area contributed by atoms with Crippen LogP contribution in [0.3, 0.4) is 0 Å². The van der Waals surface area contributed by atoms with Gasteiger partial charge in [-0.3, -0.25) is 9.59 Å². The highest BCUT2D eigenvalue weighted by Crippen LogP contribution is 2.38. The minimum Gasteiger partial charge on any atom is -0.352 e. The first kappa shape index (κ1) is 19.9. The van der Waals surface area contributed by atoms with Gasteiger partial charge in [0.2, 0.25) is 11.8 Å². The van der Waals surface area contributed by atoms with Gasteiger partial charge in [0.1, 0.15) is 6.54 Å². The Balaban J connectivity index is 1.86. The Morgan fingerprint density at radius 2 is 1.78 bits per heavy atom. The van der Waals surface area contributed by atoms with Gasteiger partial charge in [-0.05, 0) is 38.8 Å². The summed E-state index contributed by atoms with van der Waals surface area (Å²) in [5.41, 5.74) is 0.295. The molecular formula is C20H28N2O4S. The van der Waals surface area contributed by atoms with Crippen molar-refractivity contribution >= 4 is 27.3 Å². The van der Waals surface area contributed by atoms with Crippen molar-refractivity contribution in [3.05, 3.63) is 24.3 Å². The van der Waals surface area contributed by atoms with Crippen LogP contribution in [0.15, 0.2) is 29.2 Å². The van der Waals surface area contributed by atoms with E-state index in [9.17, 15) is 18.0 Å². The minimum absolute atomic E-state index is 0.114. The summed E-state index contributed by atoms with van der Waals surface area (Å²) in [6, 6.07) is 6.59. The second-order valence-electron chi connectivity index (χ2n) is 8.14. The lowest BCUT2D eigenvalue weighted by Gasteiger charge is -2.24. The van der Waals surface area contributed by atoms with Crippen molar-refractivity contribution in [3.63, 3.8) is 0 Å². The zero-order valence-electron chi connectivity index (χ0n) is 16.0. The summed E-state index contributed by atoms with van der Waals surface area (Å²) in [6.45, 7) is 2.97. The van der Waals surface area contributed by atoms with Crippen molar-refractivity contribution < 1.29 is 18.0 Å². The highest BCUT2D eigenvalue weighted by atomic mass is 32.2. The van der Waals surface area contributed by atoms with E-state index in [1.54, 1.807) is 32.0 Å². The highest BCUT2D eigenvalue weighted by Gasteiger charge is 2.44. The number of sulfone groups is 1. The Kier molecular flexibility index (Phi) is 5.60. The number of benzene rings is 1. The number of nitrogens with one attached hydrogen (secondary N) is 1. The molecule has 0 unspecified atom stereocenters. The van der Waals surface area contributed by atoms with Gasteiger partial charge in [-0.25, -0.2) is 8.42 Å². The Labute approximate surface area is 161 Å². The molecule has 1 aromatic carbocycles. The third-order valence-corrected chi connectivity index (χ3v) is 8.10. The molecular weight excluding hydrogens is 364 g/mol. The molecule has 0 saturated heterocycles. The van der Waals surface area contributed by atoms with Gasteiger partial charge in [-0.1, -0.05) is 37.8 Å². The van der Waals surface area contributed by atoms with Crippen molar-refractivity contribution in [1.82, 2.24) is 5.32 Å². The van der Waals surface area contributed by atoms with Crippen LogP contribution in [0.5, 0.6) is 0 Å². The number of carbonyl (C=O) groups excluding carboxylic acids is 2. The molecule has 1 aliphatic carbocycles. The quantitative estimate of drug-likeness (QED) is 0.802. The van der Waals surface area contributed by atoms with E-state index in [1.165, 1.54) is 23.8 Å². The molecule has 2 amide bonds. The van der Waals surface area contributed by atoms with E-state index in [2.05, 4.69) is 5.32 Å². The van der Waals surface area contributed by atoms with Gasteiger partial charge in [0.25, 0.3) is 0 Å². The van der Waals surface area contributed by atoms with Crippen LogP contribution in [0.2, 0.25) is 0 Å². The van der Waals surface area contributed by atoms with E-state index in [1.807, 2.05) is 0 Å². The van der Waals surface area contributed by atoms with E-state index in [0.717, 1.165) is 25.7 Å². The fourth-order valence-corrected chi connectivity index (χ4v) is 5.53. The summed E-state index contributed by atoms with van der Waals surface area (Å²) in [7, 11) is -3.68. The van der Waals surface area contributed by atoms with Crippen LogP contribution in [-0.4, -0.2) is 37.6 Å². The molecule has 0 bridgehead atoms. The average Bonchev–Trinajstić information content (AvgIpc) is 2.89. The monoisotopic (exact) mass is 392 g/mol. The average molecular weight is 393 g/mol. The fraction of sp³-hybridized carbons (Fsp3) is 0.600. The van der Waals surface area contributed by atoms with Crippen molar-refractivity contribution in [2.24, 2.45) is 0 Å². The maximum Gasteiger partial charge on any atom is 0.240 e. The molecule has 0 atom stereocenters. The number of hydrogen-bond donors (Lipinski definition) is 1. The molecule has 1 aromatic rings. The summed E-state index contributed by atoms with van der Waals surface area (Å²) >= 11 is 0. The Bertz CT molecular complexity index is 824. The van der Waals surface area contributed by atoms with Gasteiger partial charge < -0.3 is 10.2 Å². The Morgan fingerprint density at radius 3 is 2.44 bits per heavy atom. The Morgan fingerprint density at radius 1 is 1.15 bits per heavy atom. The zero-order valence-corrected chi connectivity index (χ0v) is 16.8. The molecule has 3 rings (SSSR count). The fourth-order valence-electron chi connectivity index (χ4n) is 3.91. The van der Waals surface area contributed by atoms with Gasteiger partial charge in [-0.2, -0.15) is 0 Å². The molecule has 1 heterocycles. The molecule has 7 heteroatoms. The molecule has 1 aliphatic heterocycles. The number of nitrogens with zero attached hydrogens (tertiary/aromatic N) is 1. The zero-order chi connectivity index (χ0) is 19.7. The SMILES string of the molecule is CC1(C)CC(=O)N(CC(=O)NC2CCCCCC2)c2ccccc2S1(=O)=O. The van der Waals surface area contributed by atoms with Gasteiger partial charge in [0, 0.05) is 12.5 Å². The van der Waals surface area contributed by atoms with Crippen LogP contribution in [0, 0.1) is 0 Å². The first-order chi connectivity index (χ1) is 12.7. The van der Waals surface area contributed by atoms with Gasteiger partial charge >= 0.3 is 0 Å². The number of rotatable bonds is 3. The predicted molar refractivity (Wildman–Crippen MR) is 104 cm³/mol. The lowest BCUT2D eigenvalue weighted by molar-refractivity contribution is -0.124. The first-order valence-corrected chi connectivity index (χ1v) is 11.1. The molecule has 1 N–H and O–H groups in total. The number of fused-ring (bicyclic) bond motifs is 1. The maximum absolute atomic E-state index is 13.0. The number of carbonyl (C=O) groups is 2. The molecule has 1 fully saturated rings. The van der Waals surface area contributed by atoms with Gasteiger partial charge in [0.05, 0.1) is 15.3 Å². The minimum atomic E-state index is -3.68. The molecule has 1 saturated carbocycles. The summed E-state index contributed by atoms with van der Waals surface area (Å²) < 4.78 is 24.8. The maximum atomic E-state index is 13.0. The summed E-state index contributed by atoms with van der Waals surface area (Å²) in [6.07, 6.45) is 6.34. The molecule has 0 aromatic heterocycles. The van der Waals surface area contributed by atoms with Crippen molar-refractivity contribution in [3.8, 4) is 0 Å². The van der Waals surface area contributed by atoms with Crippen LogP contribution in [0.1, 0.15) is 58.8 Å². The molecule has 2 aliphatic rings. The summed E-state index contributed by atoms with van der Waals surface area (Å²) in [5.74, 6) is -0.577. The van der Waals surface area contributed by atoms with Crippen molar-refractivity contribution in [1.29, 1.82) is 0 Å². The summed E-state index contributed by atoms with van der Waals surface area (Å²) in [5, 5.41) is 3.04. The normalized spacial score (nSPS) is 22.4. The predicted octanol–water partition coefficient (Wildman–Crippen LogP) is 2.81. The van der Waals surface area contributed by atoms with Crippen LogP contribution in [0.25, 0.3) is 0 Å². The largest absolute Gasteiger partial charge is 0.352 e. The second kappa shape index (κ2) is 7.62. The van der Waals surface area contributed by atoms with Crippen LogP contribution in [0.4, 0.5) is 5.69 Å². The van der Waals surface area contributed by atoms with Crippen molar-refractivity contribution in [2.75, 3.05) is 11.4 Å². The lowest BCUT2D eigenvalue weighted by Crippen LogP contribution is -2.45. The van der Waals surface area contributed by atoms with Crippen LogP contribution in [-0.2, 0) is 19.4 Å². The van der Waals surface area contributed by atoms with E-state index in [0.29, 0.717) is 5.69 Å². The first-order valence-electron chi connectivity index (χ1n) is 9.66. The topological polar surface area (TPSA) is 83.6 Å². The van der Waals surface area contributed by atoms with Gasteiger partial charge in [0.15, 0.2) is 9.84 Å². The molecule has 0 radical (unpaired) electrons. The molecule has 0 spiro atoms. The number of hydrogen-bond acceptors (Lipinski definition) is 4. The Hall–Kier alpha value is -1.89. The van der Waals surface area contributed by atoms with Gasteiger partial charge in [-0.15, -0.1) is 0 Å². The summed E-state index contributed by atoms with van der Waals surface area (Å²) in [4.78, 5) is 26.9. The molecule has 148 valence electrons. The van der Waals surface area contributed by atoms with E-state index >= 15 is 0 Å². The van der Waals surface area contributed by atoms with E-state index in [4.69, 9.17) is 0 Å². The van der Waals surface area contributed by atoms with Crippen molar-refractivity contribution in [2.45, 2.75) is 74.5 Å². The van der Waals surface area contributed by atoms with E-state index in [-0.39, 0.29) is 35.7 Å². The highest BCUT2D eigenvalue weighted by molar-refractivity contribution is 7.93. The standard InChI is InChI=1S/C20H28N2O4S/c1-20(2)13-19(24)22(16-11-7-8-12-17(16)27(20,25)26)14-18(23)21-15-9-5-3-4-6-10-15/h7-8,11-12,15H,3-6,9-10,13-14H2,1-2H3,(H,21,23). The smallest absolute Gasteiger partial charge is 0.240 e. The molecule has 27 heavy (non-hydrogen) atoms. The second-order valence-corrected chi connectivity index (χ2v) is 10.7. The third-order valence-electron chi connectivity index (χ3n) is 5.57. The third kappa shape index (κ3) is 4.03. The van der Waals surface area contributed by atoms with Crippen LogP contribution < -0.4 is 10.2 Å². The molecule has 6 nitrogen and oxygen atoms in total. The lowest BCUT2D eigenvalue weighted by atomic mass is 10.1. The number of para-hydroxylation sites is 1. The van der Waals surface area contributed by atoms with Crippen LogP contribution >= 0.6 is 0 Å².